The molecule has 4 nitrogen and oxygen atoms in total. The largest absolute Gasteiger partial charge is 0.352 e. The predicted molar refractivity (Wildman–Crippen MR) is 77.4 cm³/mol. The minimum Gasteiger partial charge on any atom is -0.352 e. The lowest BCUT2D eigenvalue weighted by molar-refractivity contribution is -0.218. The number of hydrogen-bond donors (Lipinski definition) is 0. The van der Waals surface area contributed by atoms with E-state index < -0.39 is 0 Å². The van der Waals surface area contributed by atoms with E-state index >= 15 is 0 Å². The van der Waals surface area contributed by atoms with Crippen molar-refractivity contribution < 1.29 is 18.9 Å². The number of rotatable bonds is 7. The Labute approximate surface area is 123 Å². The highest BCUT2D eigenvalue weighted by molar-refractivity contribution is 4.67. The van der Waals surface area contributed by atoms with Gasteiger partial charge in [0.15, 0.2) is 12.6 Å². The van der Waals surface area contributed by atoms with Crippen LogP contribution in [0.4, 0.5) is 0 Å². The fraction of sp³-hybridized carbons (Fsp3) is 1.00. The molecule has 0 aromatic rings. The maximum absolute atomic E-state index is 5.82. The van der Waals surface area contributed by atoms with Crippen molar-refractivity contribution >= 4 is 0 Å². The molecule has 2 aliphatic rings. The van der Waals surface area contributed by atoms with Crippen molar-refractivity contribution in [2.45, 2.75) is 65.0 Å². The van der Waals surface area contributed by atoms with Crippen LogP contribution in [0, 0.1) is 11.8 Å². The Kier molecular flexibility index (Phi) is 7.28. The van der Waals surface area contributed by atoms with E-state index in [4.69, 9.17) is 18.9 Å². The third-order valence-corrected chi connectivity index (χ3v) is 4.18. The summed E-state index contributed by atoms with van der Waals surface area (Å²) in [7, 11) is 0. The summed E-state index contributed by atoms with van der Waals surface area (Å²) in [5.41, 5.74) is 0. The van der Waals surface area contributed by atoms with E-state index in [2.05, 4.69) is 13.8 Å². The van der Waals surface area contributed by atoms with E-state index in [1.165, 1.54) is 19.3 Å². The van der Waals surface area contributed by atoms with E-state index in [-0.39, 0.29) is 12.6 Å². The van der Waals surface area contributed by atoms with Crippen LogP contribution in [0.25, 0.3) is 0 Å². The molecule has 0 N–H and O–H groups in total. The zero-order chi connectivity index (χ0) is 14.2. The summed E-state index contributed by atoms with van der Waals surface area (Å²) < 4.78 is 22.9. The molecule has 0 unspecified atom stereocenters. The third kappa shape index (κ3) is 5.32. The quantitative estimate of drug-likeness (QED) is 0.719. The van der Waals surface area contributed by atoms with E-state index in [1.807, 2.05) is 0 Å². The molecule has 0 aromatic heterocycles. The molecule has 2 aliphatic heterocycles. The second-order valence-corrected chi connectivity index (χ2v) is 6.05. The second kappa shape index (κ2) is 8.98. The predicted octanol–water partition coefficient (Wildman–Crippen LogP) is 3.35. The fourth-order valence-corrected chi connectivity index (χ4v) is 2.77. The van der Waals surface area contributed by atoms with Crippen molar-refractivity contribution in [2.75, 3.05) is 26.4 Å². The lowest BCUT2D eigenvalue weighted by atomic mass is 10.0. The van der Waals surface area contributed by atoms with Gasteiger partial charge in [-0.2, -0.15) is 0 Å². The normalized spacial score (nSPS) is 35.1. The van der Waals surface area contributed by atoms with Gasteiger partial charge in [-0.1, -0.05) is 26.7 Å². The number of unbranched alkanes of at least 4 members (excludes halogenated alkanes) is 1. The Morgan fingerprint density at radius 2 is 1.25 bits per heavy atom. The maximum Gasteiger partial charge on any atom is 0.157 e. The molecule has 2 fully saturated rings. The van der Waals surface area contributed by atoms with Crippen LogP contribution in [0.15, 0.2) is 0 Å². The number of hydrogen-bond acceptors (Lipinski definition) is 4. The van der Waals surface area contributed by atoms with E-state index in [0.717, 1.165) is 45.7 Å². The van der Waals surface area contributed by atoms with Crippen LogP contribution >= 0.6 is 0 Å². The summed E-state index contributed by atoms with van der Waals surface area (Å²) in [6, 6.07) is 0. The highest BCUT2D eigenvalue weighted by Crippen LogP contribution is 2.23. The first kappa shape index (κ1) is 16.2. The van der Waals surface area contributed by atoms with Crippen LogP contribution in [0.1, 0.15) is 52.4 Å². The molecule has 20 heavy (non-hydrogen) atoms. The molecule has 118 valence electrons. The van der Waals surface area contributed by atoms with Crippen LogP contribution in [-0.4, -0.2) is 39.0 Å². The molecule has 0 aliphatic carbocycles. The van der Waals surface area contributed by atoms with Crippen LogP contribution in [0.2, 0.25) is 0 Å². The second-order valence-electron chi connectivity index (χ2n) is 6.05. The Hall–Kier alpha value is -0.160. The summed E-state index contributed by atoms with van der Waals surface area (Å²) >= 11 is 0. The lowest BCUT2D eigenvalue weighted by Gasteiger charge is -2.32. The smallest absolute Gasteiger partial charge is 0.157 e. The zero-order valence-electron chi connectivity index (χ0n) is 13.0. The Balaban J connectivity index is 1.55. The highest BCUT2D eigenvalue weighted by atomic mass is 16.7. The van der Waals surface area contributed by atoms with Crippen LogP contribution in [-0.2, 0) is 18.9 Å². The van der Waals surface area contributed by atoms with Gasteiger partial charge in [0.25, 0.3) is 0 Å². The number of ether oxygens (including phenoxy) is 4. The molecule has 0 saturated carbocycles. The first-order valence-electron chi connectivity index (χ1n) is 8.28. The van der Waals surface area contributed by atoms with Crippen molar-refractivity contribution in [3.05, 3.63) is 0 Å². The first-order valence-corrected chi connectivity index (χ1v) is 8.28. The molecule has 2 rings (SSSR count). The van der Waals surface area contributed by atoms with Gasteiger partial charge in [-0.05, 0) is 25.7 Å². The SMILES string of the molecule is CCCC[C@H]1CO[C@H](CC[C@H]2CO[C@H](CC)OC2)OC1. The van der Waals surface area contributed by atoms with Gasteiger partial charge in [-0.25, -0.2) is 0 Å². The van der Waals surface area contributed by atoms with E-state index in [1.54, 1.807) is 0 Å². The van der Waals surface area contributed by atoms with Gasteiger partial charge in [-0.15, -0.1) is 0 Å². The fourth-order valence-electron chi connectivity index (χ4n) is 2.77. The minimum atomic E-state index is -0.0169. The molecule has 0 spiro atoms. The molecular weight excluding hydrogens is 256 g/mol. The van der Waals surface area contributed by atoms with Crippen molar-refractivity contribution in [1.29, 1.82) is 0 Å². The van der Waals surface area contributed by atoms with Gasteiger partial charge in [0.1, 0.15) is 0 Å². The Morgan fingerprint density at radius 3 is 1.80 bits per heavy atom. The minimum absolute atomic E-state index is 0.00718. The van der Waals surface area contributed by atoms with Gasteiger partial charge < -0.3 is 18.9 Å². The third-order valence-electron chi connectivity index (χ3n) is 4.18. The van der Waals surface area contributed by atoms with Crippen LogP contribution in [0.5, 0.6) is 0 Å². The highest BCUT2D eigenvalue weighted by Gasteiger charge is 2.25. The maximum atomic E-state index is 5.82. The average molecular weight is 286 g/mol. The summed E-state index contributed by atoms with van der Waals surface area (Å²) in [6.45, 7) is 7.66. The average Bonchev–Trinajstić information content (AvgIpc) is 2.52. The Bertz CT molecular complexity index is 243. The summed E-state index contributed by atoms with van der Waals surface area (Å²) in [5, 5.41) is 0. The van der Waals surface area contributed by atoms with E-state index in [9.17, 15) is 0 Å². The molecule has 4 heteroatoms. The van der Waals surface area contributed by atoms with Gasteiger partial charge >= 0.3 is 0 Å². The molecule has 2 heterocycles. The van der Waals surface area contributed by atoms with Gasteiger partial charge in [0.2, 0.25) is 0 Å². The van der Waals surface area contributed by atoms with Crippen LogP contribution in [0.3, 0.4) is 0 Å². The molecule has 2 saturated heterocycles. The molecule has 0 bridgehead atoms. The van der Waals surface area contributed by atoms with Gasteiger partial charge in [-0.3, -0.25) is 0 Å². The molecule has 0 radical (unpaired) electrons. The summed E-state index contributed by atoms with van der Waals surface area (Å²) in [4.78, 5) is 0. The molecular formula is C16H30O4. The summed E-state index contributed by atoms with van der Waals surface area (Å²) in [6.07, 6.45) is 6.68. The molecule has 0 amide bonds. The monoisotopic (exact) mass is 286 g/mol. The topological polar surface area (TPSA) is 36.9 Å². The standard InChI is InChI=1S/C16H30O4/c1-3-5-6-13-9-19-16(20-10-13)8-7-14-11-17-15(4-2)18-12-14/h13-16H,3-12H2,1-2H3/t13-,14-,15-,16-. The zero-order valence-corrected chi connectivity index (χ0v) is 13.0. The van der Waals surface area contributed by atoms with Crippen molar-refractivity contribution in [2.24, 2.45) is 11.8 Å². The van der Waals surface area contributed by atoms with Gasteiger partial charge in [0.05, 0.1) is 26.4 Å². The molecule has 0 aromatic carbocycles. The Morgan fingerprint density at radius 1 is 0.700 bits per heavy atom. The van der Waals surface area contributed by atoms with Crippen molar-refractivity contribution in [1.82, 2.24) is 0 Å². The van der Waals surface area contributed by atoms with Crippen molar-refractivity contribution in [3.8, 4) is 0 Å². The summed E-state index contributed by atoms with van der Waals surface area (Å²) in [5.74, 6) is 1.08. The molecule has 0 atom stereocenters. The van der Waals surface area contributed by atoms with Crippen molar-refractivity contribution in [3.63, 3.8) is 0 Å². The van der Waals surface area contributed by atoms with Crippen LogP contribution < -0.4 is 0 Å². The van der Waals surface area contributed by atoms with E-state index in [0.29, 0.717) is 11.8 Å². The lowest BCUT2D eigenvalue weighted by Crippen LogP contribution is -2.35. The van der Waals surface area contributed by atoms with Gasteiger partial charge in [0, 0.05) is 11.8 Å². The first-order chi connectivity index (χ1) is 9.81.